The van der Waals surface area contributed by atoms with Crippen LogP contribution in [0.5, 0.6) is 0 Å². The number of rotatable bonds is 5. The molecule has 2 aliphatic rings. The van der Waals surface area contributed by atoms with Gasteiger partial charge >= 0.3 is 6.18 Å². The van der Waals surface area contributed by atoms with Gasteiger partial charge in [0.15, 0.2) is 5.65 Å². The lowest BCUT2D eigenvalue weighted by molar-refractivity contribution is -0.137. The summed E-state index contributed by atoms with van der Waals surface area (Å²) < 4.78 is 66.2. The van der Waals surface area contributed by atoms with Gasteiger partial charge < -0.3 is 9.80 Å². The fraction of sp³-hybridized carbons (Fsp3) is 0.500. The van der Waals surface area contributed by atoms with Crippen molar-refractivity contribution in [3.05, 3.63) is 48.1 Å². The van der Waals surface area contributed by atoms with Crippen LogP contribution in [0.15, 0.2) is 42.5 Å². The quantitative estimate of drug-likeness (QED) is 0.348. The van der Waals surface area contributed by atoms with Crippen molar-refractivity contribution in [2.24, 2.45) is 5.92 Å². The monoisotopic (exact) mass is 509 g/mol. The molecule has 0 radical (unpaired) electrons. The minimum absolute atomic E-state index is 0.102. The van der Waals surface area contributed by atoms with Gasteiger partial charge in [-0.25, -0.2) is 23.4 Å². The van der Waals surface area contributed by atoms with E-state index in [-0.39, 0.29) is 12.0 Å². The summed E-state index contributed by atoms with van der Waals surface area (Å²) in [6.07, 6.45) is 2.04. The van der Waals surface area contributed by atoms with Gasteiger partial charge in [-0.3, -0.25) is 4.98 Å². The maximum Gasteiger partial charge on any atom is 0.417 e. The number of hydrogen-bond donors (Lipinski definition) is 0. The minimum Gasteiger partial charge on any atom is -0.366 e. The Morgan fingerprint density at radius 3 is 2.61 bits per heavy atom. The molecule has 1 aliphatic carbocycles. The van der Waals surface area contributed by atoms with Crippen LogP contribution in [-0.4, -0.2) is 57.3 Å². The molecule has 3 aromatic rings. The highest BCUT2D eigenvalue weighted by Gasteiger charge is 2.34. The molecule has 0 N–H and O–H groups in total. The van der Waals surface area contributed by atoms with Crippen LogP contribution >= 0.6 is 0 Å². The van der Waals surface area contributed by atoms with E-state index in [1.54, 1.807) is 6.20 Å². The number of anilines is 2. The first kappa shape index (κ1) is 25.8. The van der Waals surface area contributed by atoms with E-state index in [1.807, 2.05) is 30.7 Å². The van der Waals surface area contributed by atoms with Crippen molar-refractivity contribution in [3.8, 4) is 0 Å². The molecule has 0 spiro atoms. The predicted octanol–water partition coefficient (Wildman–Crippen LogP) is 5.19. The Bertz CT molecular complexity index is 1220. The minimum atomic E-state index is -4.44. The Kier molecular flexibility index (Phi) is 7.41. The summed E-state index contributed by atoms with van der Waals surface area (Å²) in [7, 11) is 1.89. The zero-order chi connectivity index (χ0) is 26.0. The van der Waals surface area contributed by atoms with Crippen LogP contribution in [0.1, 0.15) is 32.3 Å². The third kappa shape index (κ3) is 5.41. The number of pyridine rings is 1. The summed E-state index contributed by atoms with van der Waals surface area (Å²) in [5, 5.41) is 3.96. The molecule has 3 aromatic heterocycles. The molecule has 36 heavy (non-hydrogen) atoms. The zero-order valence-electron chi connectivity index (χ0n) is 20.3. The summed E-state index contributed by atoms with van der Waals surface area (Å²) in [4.78, 5) is 16.6. The molecular weight excluding hydrogens is 481 g/mol. The first-order valence-corrected chi connectivity index (χ1v) is 11.8. The van der Waals surface area contributed by atoms with Crippen molar-refractivity contribution in [2.75, 3.05) is 29.9 Å². The van der Waals surface area contributed by atoms with Gasteiger partial charge in [-0.15, -0.1) is 0 Å². The summed E-state index contributed by atoms with van der Waals surface area (Å²) in [5.74, 6) is 0.716. The zero-order valence-corrected chi connectivity index (χ0v) is 20.3. The highest BCUT2D eigenvalue weighted by Crippen LogP contribution is 2.36. The molecule has 2 atom stereocenters. The summed E-state index contributed by atoms with van der Waals surface area (Å²) >= 11 is 0. The largest absolute Gasteiger partial charge is 0.417 e. The van der Waals surface area contributed by atoms with Crippen molar-refractivity contribution >= 4 is 22.7 Å². The third-order valence-corrected chi connectivity index (χ3v) is 6.36. The first-order valence-electron chi connectivity index (χ1n) is 11.8. The topological polar surface area (TPSA) is 63.0 Å². The van der Waals surface area contributed by atoms with Crippen LogP contribution in [0.3, 0.4) is 0 Å². The molecule has 1 unspecified atom stereocenters. The Labute approximate surface area is 205 Å². The number of hydrogen-bond acceptors (Lipinski definition) is 6. The molecule has 5 rings (SSSR count). The van der Waals surface area contributed by atoms with E-state index >= 15 is 0 Å². The fourth-order valence-corrected chi connectivity index (χ4v) is 4.75. The van der Waals surface area contributed by atoms with Crippen LogP contribution in [0.2, 0.25) is 0 Å². The summed E-state index contributed by atoms with van der Waals surface area (Å²) in [5.41, 5.74) is 1.59. The highest BCUT2D eigenvalue weighted by molar-refractivity contribution is 5.71. The van der Waals surface area contributed by atoms with Crippen molar-refractivity contribution < 1.29 is 22.0 Å². The van der Waals surface area contributed by atoms with E-state index in [0.29, 0.717) is 42.2 Å². The van der Waals surface area contributed by atoms with Crippen molar-refractivity contribution in [1.29, 1.82) is 0 Å². The maximum atomic E-state index is 13.1. The normalized spacial score (nSPS) is 19.7. The van der Waals surface area contributed by atoms with Gasteiger partial charge in [0.25, 0.3) is 6.43 Å². The van der Waals surface area contributed by atoms with Gasteiger partial charge in [0.05, 0.1) is 29.8 Å². The van der Waals surface area contributed by atoms with Gasteiger partial charge in [0.2, 0.25) is 0 Å². The van der Waals surface area contributed by atoms with Crippen molar-refractivity contribution in [2.45, 2.75) is 51.9 Å². The maximum absolute atomic E-state index is 13.1. The Balaban J connectivity index is 0.00000148. The Hall–Kier alpha value is -3.31. The molecule has 1 aliphatic heterocycles. The van der Waals surface area contributed by atoms with Gasteiger partial charge in [-0.1, -0.05) is 25.5 Å². The van der Waals surface area contributed by atoms with Crippen LogP contribution in [-0.2, 0) is 12.7 Å². The molecule has 194 valence electrons. The fourth-order valence-electron chi connectivity index (χ4n) is 4.75. The van der Waals surface area contributed by atoms with E-state index in [9.17, 15) is 22.0 Å². The van der Waals surface area contributed by atoms with E-state index in [0.717, 1.165) is 28.9 Å². The van der Waals surface area contributed by atoms with Crippen LogP contribution in [0, 0.1) is 5.92 Å². The van der Waals surface area contributed by atoms with Crippen molar-refractivity contribution in [3.63, 3.8) is 0 Å². The molecule has 12 heteroatoms. The Morgan fingerprint density at radius 2 is 1.92 bits per heavy atom. The van der Waals surface area contributed by atoms with E-state index in [2.05, 4.69) is 26.1 Å². The van der Waals surface area contributed by atoms with Gasteiger partial charge in [-0.2, -0.15) is 18.3 Å². The number of alkyl halides is 5. The van der Waals surface area contributed by atoms with Gasteiger partial charge in [-0.05, 0) is 24.8 Å². The highest BCUT2D eigenvalue weighted by atomic mass is 19.4. The average Bonchev–Trinajstić information content (AvgIpc) is 3.25. The molecule has 0 aromatic carbocycles. The molecule has 4 heterocycles. The molecular formula is C24H28F5N7. The molecule has 0 fully saturated rings. The summed E-state index contributed by atoms with van der Waals surface area (Å²) in [6.45, 7) is 4.56. The predicted molar refractivity (Wildman–Crippen MR) is 127 cm³/mol. The number of nitrogens with zero attached hydrogens (tertiary/aromatic N) is 7. The van der Waals surface area contributed by atoms with Crippen LogP contribution in [0.4, 0.5) is 33.5 Å². The van der Waals surface area contributed by atoms with Crippen molar-refractivity contribution in [1.82, 2.24) is 24.7 Å². The van der Waals surface area contributed by atoms with E-state index in [1.165, 1.54) is 12.4 Å². The molecule has 0 saturated carbocycles. The van der Waals surface area contributed by atoms with E-state index < -0.39 is 24.7 Å². The summed E-state index contributed by atoms with van der Waals surface area (Å²) in [6, 6.07) is 1.25. The van der Waals surface area contributed by atoms with Gasteiger partial charge in [0.1, 0.15) is 17.9 Å². The SMILES string of the molecule is CC.CN(c1cnc2cnn(CC(F)F)c2n1)[C@@H]1CC2=CC(C1)CN(c1cncc(C(F)(F)F)c1)C2. The second-order valence-corrected chi connectivity index (χ2v) is 8.75. The van der Waals surface area contributed by atoms with Crippen LogP contribution in [0.25, 0.3) is 11.2 Å². The first-order chi connectivity index (χ1) is 17.2. The second-order valence-electron chi connectivity index (χ2n) is 8.75. The molecule has 0 amide bonds. The molecule has 7 nitrogen and oxygen atoms in total. The number of halogens is 5. The standard InChI is InChI=1S/C22H22F5N7.C2H6/c1-32(20-9-29-18-8-30-34(12-19(23)24)21(18)31-20)16-3-13-2-14(4-16)11-33(10-13)17-5-15(6-28-7-17)22(25,26)27;1-2/h2,5-9,13,16,19H,3-4,10-12H2,1H3;1-2H3/t13?,16-;/m0./s1. The second kappa shape index (κ2) is 10.4. The number of fused-ring (bicyclic) bond motifs is 2. The third-order valence-electron chi connectivity index (χ3n) is 6.36. The molecule has 0 saturated heterocycles. The lowest BCUT2D eigenvalue weighted by Gasteiger charge is -2.42. The van der Waals surface area contributed by atoms with Gasteiger partial charge in [0, 0.05) is 32.4 Å². The van der Waals surface area contributed by atoms with Crippen LogP contribution < -0.4 is 9.80 Å². The number of aromatic nitrogens is 5. The average molecular weight is 510 g/mol. The Morgan fingerprint density at radius 1 is 1.14 bits per heavy atom. The smallest absolute Gasteiger partial charge is 0.366 e. The lowest BCUT2D eigenvalue weighted by atomic mass is 9.82. The van der Waals surface area contributed by atoms with E-state index in [4.69, 9.17) is 0 Å². The lowest BCUT2D eigenvalue weighted by Crippen LogP contribution is -2.45. The molecule has 2 bridgehead atoms.